The van der Waals surface area contributed by atoms with Gasteiger partial charge >= 0.3 is 11.4 Å². The summed E-state index contributed by atoms with van der Waals surface area (Å²) in [5.74, 6) is -0.0237. The second-order valence-corrected chi connectivity index (χ2v) is 5.97. The summed E-state index contributed by atoms with van der Waals surface area (Å²) in [5.41, 5.74) is 4.31. The molecule has 3 nitrogen and oxygen atoms in total. The van der Waals surface area contributed by atoms with Gasteiger partial charge in [-0.15, -0.1) is 0 Å². The smallest absolute Gasteiger partial charge is 0.284 e. The molecule has 0 saturated carbocycles. The Morgan fingerprint density at radius 3 is 1.76 bits per heavy atom. The molecule has 2 aromatic carbocycles. The molecule has 0 amide bonds. The van der Waals surface area contributed by atoms with Crippen molar-refractivity contribution in [2.24, 2.45) is 0 Å². The van der Waals surface area contributed by atoms with E-state index in [2.05, 4.69) is 0 Å². The minimum atomic E-state index is -2.30. The topological polar surface area (TPSA) is 46.5 Å². The Balaban J connectivity index is 2.32. The predicted octanol–water partition coefficient (Wildman–Crippen LogP) is 4.30. The minimum absolute atomic E-state index is 0.0237. The lowest BCUT2D eigenvalue weighted by atomic mass is 9.90. The van der Waals surface area contributed by atoms with Crippen molar-refractivity contribution >= 4 is 11.4 Å². The van der Waals surface area contributed by atoms with Crippen LogP contribution in [0.4, 0.5) is 0 Å². The van der Waals surface area contributed by atoms with E-state index in [1.807, 2.05) is 69.3 Å². The summed E-state index contributed by atoms with van der Waals surface area (Å²) in [6.07, 6.45) is -0.459. The molecule has 0 heterocycles. The van der Waals surface area contributed by atoms with Crippen LogP contribution in [0.1, 0.15) is 41.2 Å². The standard InChI is InChI=1S/C17H20O3S/c1-12-4-8-15(9-5-12)14(3)17(20-21(18)19)16-10-6-13(2)7-11-16/h4-11,14,17H,1-3H3,(H,18,19). The van der Waals surface area contributed by atoms with E-state index < -0.39 is 17.5 Å². The molecule has 3 atom stereocenters. The fourth-order valence-corrected chi connectivity index (χ4v) is 2.77. The number of rotatable bonds is 5. The summed E-state index contributed by atoms with van der Waals surface area (Å²) >= 11 is -2.30. The zero-order valence-corrected chi connectivity index (χ0v) is 13.3. The molecule has 0 bridgehead atoms. The van der Waals surface area contributed by atoms with Gasteiger partial charge in [0.15, 0.2) is 0 Å². The Kier molecular flexibility index (Phi) is 5.28. The Morgan fingerprint density at radius 2 is 1.33 bits per heavy atom. The molecule has 0 aliphatic heterocycles. The number of benzene rings is 2. The third-order valence-corrected chi connectivity index (χ3v) is 4.02. The van der Waals surface area contributed by atoms with Crippen LogP contribution in [0, 0.1) is 13.8 Å². The van der Waals surface area contributed by atoms with Crippen LogP contribution in [0.5, 0.6) is 0 Å². The summed E-state index contributed by atoms with van der Waals surface area (Å²) < 4.78 is 25.5. The molecule has 3 unspecified atom stereocenters. The fraction of sp³-hybridized carbons (Fsp3) is 0.294. The SMILES string of the molecule is Cc1ccc(C(C)C(OS(=O)O)c2ccc(C)cc2)cc1. The van der Waals surface area contributed by atoms with Gasteiger partial charge in [-0.2, -0.15) is 4.21 Å². The van der Waals surface area contributed by atoms with Crippen LogP contribution < -0.4 is 0 Å². The minimum Gasteiger partial charge on any atom is -0.284 e. The molecular weight excluding hydrogens is 284 g/mol. The van der Waals surface area contributed by atoms with Crippen LogP contribution in [-0.2, 0) is 15.5 Å². The maximum Gasteiger partial charge on any atom is 0.302 e. The van der Waals surface area contributed by atoms with Gasteiger partial charge in [-0.25, -0.2) is 0 Å². The highest BCUT2D eigenvalue weighted by Gasteiger charge is 2.24. The summed E-state index contributed by atoms with van der Waals surface area (Å²) in [5, 5.41) is 0. The summed E-state index contributed by atoms with van der Waals surface area (Å²) in [4.78, 5) is 0. The number of hydrogen-bond acceptors (Lipinski definition) is 2. The second kappa shape index (κ2) is 6.98. The van der Waals surface area contributed by atoms with E-state index in [9.17, 15) is 4.21 Å². The van der Waals surface area contributed by atoms with Crippen molar-refractivity contribution in [2.75, 3.05) is 0 Å². The molecule has 2 aromatic rings. The normalized spacial score (nSPS) is 15.4. The molecule has 0 spiro atoms. The van der Waals surface area contributed by atoms with E-state index in [1.165, 1.54) is 5.56 Å². The van der Waals surface area contributed by atoms with Crippen molar-refractivity contribution in [2.45, 2.75) is 32.8 Å². The Morgan fingerprint density at radius 1 is 0.905 bits per heavy atom. The molecule has 0 saturated heterocycles. The highest BCUT2D eigenvalue weighted by atomic mass is 32.2. The summed E-state index contributed by atoms with van der Waals surface area (Å²) in [6, 6.07) is 16.0. The second-order valence-electron chi connectivity index (χ2n) is 5.34. The number of hydrogen-bond donors (Lipinski definition) is 1. The Bertz CT molecular complexity index is 605. The molecular formula is C17H20O3S. The Labute approximate surface area is 128 Å². The van der Waals surface area contributed by atoms with Crippen molar-refractivity contribution in [1.82, 2.24) is 0 Å². The van der Waals surface area contributed by atoms with Crippen molar-refractivity contribution < 1.29 is 12.9 Å². The van der Waals surface area contributed by atoms with E-state index in [1.54, 1.807) is 0 Å². The zero-order chi connectivity index (χ0) is 15.4. The molecule has 21 heavy (non-hydrogen) atoms. The van der Waals surface area contributed by atoms with Crippen LogP contribution in [0.2, 0.25) is 0 Å². The molecule has 0 aromatic heterocycles. The highest BCUT2D eigenvalue weighted by molar-refractivity contribution is 7.74. The molecule has 1 N–H and O–H groups in total. The van der Waals surface area contributed by atoms with Gasteiger partial charge in [-0.05, 0) is 25.0 Å². The van der Waals surface area contributed by atoms with Gasteiger partial charge in [0.05, 0.1) is 0 Å². The van der Waals surface area contributed by atoms with Gasteiger partial charge in [0.2, 0.25) is 0 Å². The lowest BCUT2D eigenvalue weighted by molar-refractivity contribution is 0.182. The summed E-state index contributed by atoms with van der Waals surface area (Å²) in [6.45, 7) is 6.04. The first-order chi connectivity index (χ1) is 9.97. The first kappa shape index (κ1) is 15.9. The van der Waals surface area contributed by atoms with Gasteiger partial charge < -0.3 is 0 Å². The molecule has 0 aliphatic carbocycles. The van der Waals surface area contributed by atoms with Crippen molar-refractivity contribution in [3.05, 3.63) is 70.8 Å². The van der Waals surface area contributed by atoms with Gasteiger partial charge in [-0.1, -0.05) is 66.6 Å². The Hall–Kier alpha value is -1.49. The monoisotopic (exact) mass is 304 g/mol. The third-order valence-electron chi connectivity index (χ3n) is 3.65. The van der Waals surface area contributed by atoms with E-state index >= 15 is 0 Å². The van der Waals surface area contributed by atoms with Crippen molar-refractivity contribution in [3.63, 3.8) is 0 Å². The lowest BCUT2D eigenvalue weighted by Gasteiger charge is -2.23. The third kappa shape index (κ3) is 4.24. The van der Waals surface area contributed by atoms with Crippen molar-refractivity contribution in [3.8, 4) is 0 Å². The predicted molar refractivity (Wildman–Crippen MR) is 85.4 cm³/mol. The largest absolute Gasteiger partial charge is 0.302 e. The van der Waals surface area contributed by atoms with Crippen LogP contribution in [0.15, 0.2) is 48.5 Å². The van der Waals surface area contributed by atoms with Gasteiger partial charge in [-0.3, -0.25) is 8.74 Å². The molecule has 0 fully saturated rings. The summed E-state index contributed by atoms with van der Waals surface area (Å²) in [7, 11) is 0. The first-order valence-electron chi connectivity index (χ1n) is 6.88. The van der Waals surface area contributed by atoms with E-state index in [0.717, 1.165) is 16.7 Å². The van der Waals surface area contributed by atoms with E-state index in [0.29, 0.717) is 0 Å². The number of aryl methyl sites for hydroxylation is 2. The molecule has 2 rings (SSSR count). The van der Waals surface area contributed by atoms with Gasteiger partial charge in [0.25, 0.3) is 0 Å². The maximum atomic E-state index is 11.1. The molecule has 0 aliphatic rings. The molecule has 4 heteroatoms. The molecule has 112 valence electrons. The molecule has 0 radical (unpaired) electrons. The zero-order valence-electron chi connectivity index (χ0n) is 12.4. The van der Waals surface area contributed by atoms with E-state index in [-0.39, 0.29) is 5.92 Å². The van der Waals surface area contributed by atoms with E-state index in [4.69, 9.17) is 8.74 Å². The first-order valence-corrected chi connectivity index (χ1v) is 7.91. The van der Waals surface area contributed by atoms with Crippen molar-refractivity contribution in [1.29, 1.82) is 0 Å². The highest BCUT2D eigenvalue weighted by Crippen LogP contribution is 2.34. The van der Waals surface area contributed by atoms with Gasteiger partial charge in [0.1, 0.15) is 6.10 Å². The lowest BCUT2D eigenvalue weighted by Crippen LogP contribution is -2.14. The van der Waals surface area contributed by atoms with Crippen LogP contribution >= 0.6 is 0 Å². The van der Waals surface area contributed by atoms with Crippen LogP contribution in [0.3, 0.4) is 0 Å². The van der Waals surface area contributed by atoms with Gasteiger partial charge in [0, 0.05) is 5.92 Å². The maximum absolute atomic E-state index is 11.1. The average molecular weight is 304 g/mol. The average Bonchev–Trinajstić information content (AvgIpc) is 2.46. The quantitative estimate of drug-likeness (QED) is 0.838. The van der Waals surface area contributed by atoms with Crippen LogP contribution in [0.25, 0.3) is 0 Å². The fourth-order valence-electron chi connectivity index (χ4n) is 2.32. The van der Waals surface area contributed by atoms with Crippen LogP contribution in [-0.4, -0.2) is 8.76 Å².